The summed E-state index contributed by atoms with van der Waals surface area (Å²) in [5.41, 5.74) is 4.88. The summed E-state index contributed by atoms with van der Waals surface area (Å²) in [4.78, 5) is 19.3. The van der Waals surface area contributed by atoms with Gasteiger partial charge in [-0.2, -0.15) is 0 Å². The summed E-state index contributed by atoms with van der Waals surface area (Å²) >= 11 is 0. The van der Waals surface area contributed by atoms with E-state index in [-0.39, 0.29) is 5.97 Å². The van der Waals surface area contributed by atoms with Crippen LogP contribution in [-0.4, -0.2) is 30.2 Å². The SMILES string of the molecule is COC(=O)CCc1cc2nc(Nc3ccc(C(C)C)cc3)[nH]c2cc1OC. The Morgan fingerprint density at radius 3 is 2.56 bits per heavy atom. The third kappa shape index (κ3) is 4.39. The van der Waals surface area contributed by atoms with Crippen LogP contribution in [0.2, 0.25) is 0 Å². The molecule has 27 heavy (non-hydrogen) atoms. The molecule has 0 aliphatic heterocycles. The van der Waals surface area contributed by atoms with Gasteiger partial charge in [0.1, 0.15) is 5.75 Å². The fourth-order valence-corrected chi connectivity index (χ4v) is 2.95. The van der Waals surface area contributed by atoms with Gasteiger partial charge in [-0.1, -0.05) is 26.0 Å². The number of methoxy groups -OCH3 is 2. The van der Waals surface area contributed by atoms with E-state index in [9.17, 15) is 4.79 Å². The van der Waals surface area contributed by atoms with Gasteiger partial charge in [-0.05, 0) is 41.7 Å². The van der Waals surface area contributed by atoms with Gasteiger partial charge in [-0.3, -0.25) is 4.79 Å². The summed E-state index contributed by atoms with van der Waals surface area (Å²) in [5, 5.41) is 3.29. The van der Waals surface area contributed by atoms with E-state index in [0.717, 1.165) is 28.0 Å². The summed E-state index contributed by atoms with van der Waals surface area (Å²) in [6, 6.07) is 12.2. The number of carbonyl (C=O) groups is 1. The number of rotatable bonds is 7. The van der Waals surface area contributed by atoms with Crippen molar-refractivity contribution >= 4 is 28.6 Å². The molecule has 3 aromatic rings. The number of benzene rings is 2. The van der Waals surface area contributed by atoms with Crippen LogP contribution in [0, 0.1) is 0 Å². The molecule has 2 N–H and O–H groups in total. The Kier molecular flexibility index (Phi) is 5.64. The van der Waals surface area contributed by atoms with Crippen molar-refractivity contribution in [3.8, 4) is 5.75 Å². The number of nitrogens with zero attached hydrogens (tertiary/aromatic N) is 1. The van der Waals surface area contributed by atoms with Gasteiger partial charge < -0.3 is 19.8 Å². The average Bonchev–Trinajstić information content (AvgIpc) is 3.06. The van der Waals surface area contributed by atoms with Crippen LogP contribution < -0.4 is 10.1 Å². The summed E-state index contributed by atoms with van der Waals surface area (Å²) < 4.78 is 10.2. The van der Waals surface area contributed by atoms with Gasteiger partial charge >= 0.3 is 5.97 Å². The van der Waals surface area contributed by atoms with Crippen molar-refractivity contribution in [1.82, 2.24) is 9.97 Å². The minimum atomic E-state index is -0.244. The Morgan fingerprint density at radius 2 is 1.93 bits per heavy atom. The number of hydrogen-bond donors (Lipinski definition) is 2. The Morgan fingerprint density at radius 1 is 1.19 bits per heavy atom. The highest BCUT2D eigenvalue weighted by atomic mass is 16.5. The van der Waals surface area contributed by atoms with E-state index in [1.807, 2.05) is 24.3 Å². The number of H-pyrrole nitrogens is 1. The number of imidazole rings is 1. The molecule has 0 fully saturated rings. The smallest absolute Gasteiger partial charge is 0.305 e. The molecule has 0 saturated heterocycles. The summed E-state index contributed by atoms with van der Waals surface area (Å²) in [6.07, 6.45) is 0.841. The zero-order valence-electron chi connectivity index (χ0n) is 16.1. The summed E-state index contributed by atoms with van der Waals surface area (Å²) in [6.45, 7) is 4.35. The molecule has 0 amide bonds. The predicted molar refractivity (Wildman–Crippen MR) is 107 cm³/mol. The molecule has 0 aliphatic rings. The van der Waals surface area contributed by atoms with Gasteiger partial charge in [-0.15, -0.1) is 0 Å². The largest absolute Gasteiger partial charge is 0.496 e. The van der Waals surface area contributed by atoms with Crippen LogP contribution in [0.25, 0.3) is 11.0 Å². The molecule has 0 bridgehead atoms. The van der Waals surface area contributed by atoms with E-state index in [4.69, 9.17) is 9.47 Å². The number of esters is 1. The second kappa shape index (κ2) is 8.12. The van der Waals surface area contributed by atoms with Crippen LogP contribution in [0.15, 0.2) is 36.4 Å². The highest BCUT2D eigenvalue weighted by molar-refractivity contribution is 5.81. The highest BCUT2D eigenvalue weighted by Gasteiger charge is 2.12. The molecule has 142 valence electrons. The third-order valence-corrected chi connectivity index (χ3v) is 4.55. The number of aromatic nitrogens is 2. The molecule has 0 atom stereocenters. The lowest BCUT2D eigenvalue weighted by Crippen LogP contribution is -2.03. The molecule has 1 aromatic heterocycles. The van der Waals surface area contributed by atoms with Crippen molar-refractivity contribution in [2.45, 2.75) is 32.6 Å². The topological polar surface area (TPSA) is 76.2 Å². The minimum Gasteiger partial charge on any atom is -0.496 e. The number of hydrogen-bond acceptors (Lipinski definition) is 5. The predicted octanol–water partition coefficient (Wildman–Crippen LogP) is 4.54. The molecular weight excluding hydrogens is 342 g/mol. The number of aromatic amines is 1. The molecule has 3 rings (SSSR count). The van der Waals surface area contributed by atoms with Crippen LogP contribution in [0.1, 0.15) is 37.3 Å². The maximum atomic E-state index is 11.4. The van der Waals surface area contributed by atoms with Crippen molar-refractivity contribution in [3.05, 3.63) is 47.5 Å². The summed E-state index contributed by atoms with van der Waals surface area (Å²) in [5.74, 6) is 1.64. The first-order valence-corrected chi connectivity index (χ1v) is 9.00. The fraction of sp³-hybridized carbons (Fsp3) is 0.333. The highest BCUT2D eigenvalue weighted by Crippen LogP contribution is 2.28. The molecule has 0 spiro atoms. The number of anilines is 2. The Labute approximate surface area is 158 Å². The first-order chi connectivity index (χ1) is 13.0. The monoisotopic (exact) mass is 367 g/mol. The molecule has 6 nitrogen and oxygen atoms in total. The van der Waals surface area contributed by atoms with Crippen LogP contribution >= 0.6 is 0 Å². The molecule has 0 radical (unpaired) electrons. The van der Waals surface area contributed by atoms with E-state index < -0.39 is 0 Å². The first-order valence-electron chi connectivity index (χ1n) is 9.00. The molecule has 0 unspecified atom stereocenters. The van der Waals surface area contributed by atoms with Crippen LogP contribution in [-0.2, 0) is 16.0 Å². The lowest BCUT2D eigenvalue weighted by molar-refractivity contribution is -0.140. The van der Waals surface area contributed by atoms with Gasteiger partial charge in [0, 0.05) is 18.2 Å². The Hall–Kier alpha value is -3.02. The van der Waals surface area contributed by atoms with E-state index in [1.165, 1.54) is 12.7 Å². The van der Waals surface area contributed by atoms with Gasteiger partial charge in [0.05, 0.1) is 25.3 Å². The number of fused-ring (bicyclic) bond motifs is 1. The maximum absolute atomic E-state index is 11.4. The zero-order chi connectivity index (χ0) is 19.4. The van der Waals surface area contributed by atoms with Crippen molar-refractivity contribution in [2.24, 2.45) is 0 Å². The molecule has 6 heteroatoms. The quantitative estimate of drug-likeness (QED) is 0.599. The fourth-order valence-electron chi connectivity index (χ4n) is 2.95. The zero-order valence-corrected chi connectivity index (χ0v) is 16.1. The molecular formula is C21H25N3O3. The lowest BCUT2D eigenvalue weighted by atomic mass is 10.0. The maximum Gasteiger partial charge on any atom is 0.305 e. The molecule has 0 saturated carbocycles. The standard InChI is InChI=1S/C21H25N3O3/c1-13(2)14-5-8-16(9-6-14)22-21-23-17-11-15(7-10-20(25)27-4)19(26-3)12-18(17)24-21/h5-6,8-9,11-13H,7,10H2,1-4H3,(H2,22,23,24). The van der Waals surface area contributed by atoms with Crippen molar-refractivity contribution in [2.75, 3.05) is 19.5 Å². The van der Waals surface area contributed by atoms with Crippen LogP contribution in [0.3, 0.4) is 0 Å². The Balaban J connectivity index is 1.82. The van der Waals surface area contributed by atoms with Gasteiger partial charge in [0.15, 0.2) is 0 Å². The molecule has 1 heterocycles. The molecule has 0 aliphatic carbocycles. The van der Waals surface area contributed by atoms with E-state index in [0.29, 0.717) is 24.7 Å². The minimum absolute atomic E-state index is 0.244. The van der Waals surface area contributed by atoms with Crippen molar-refractivity contribution in [1.29, 1.82) is 0 Å². The number of nitrogens with one attached hydrogen (secondary N) is 2. The van der Waals surface area contributed by atoms with Crippen LogP contribution in [0.5, 0.6) is 5.75 Å². The lowest BCUT2D eigenvalue weighted by Gasteiger charge is -2.07. The first kappa shape index (κ1) is 18.8. The summed E-state index contributed by atoms with van der Waals surface area (Å²) in [7, 11) is 3.01. The number of aryl methyl sites for hydroxylation is 1. The number of carbonyl (C=O) groups excluding carboxylic acids is 1. The average molecular weight is 367 g/mol. The van der Waals surface area contributed by atoms with E-state index in [2.05, 4.69) is 41.3 Å². The van der Waals surface area contributed by atoms with Gasteiger partial charge in [-0.25, -0.2) is 4.98 Å². The van der Waals surface area contributed by atoms with Gasteiger partial charge in [0.2, 0.25) is 5.95 Å². The molecule has 2 aromatic carbocycles. The van der Waals surface area contributed by atoms with Crippen molar-refractivity contribution in [3.63, 3.8) is 0 Å². The second-order valence-corrected chi connectivity index (χ2v) is 6.74. The normalized spacial score (nSPS) is 11.0. The van der Waals surface area contributed by atoms with E-state index in [1.54, 1.807) is 7.11 Å². The third-order valence-electron chi connectivity index (χ3n) is 4.55. The Bertz CT molecular complexity index is 930. The van der Waals surface area contributed by atoms with Crippen molar-refractivity contribution < 1.29 is 14.3 Å². The van der Waals surface area contributed by atoms with Gasteiger partial charge in [0.25, 0.3) is 0 Å². The second-order valence-electron chi connectivity index (χ2n) is 6.74. The van der Waals surface area contributed by atoms with E-state index >= 15 is 0 Å². The van der Waals surface area contributed by atoms with Crippen LogP contribution in [0.4, 0.5) is 11.6 Å². The number of ether oxygens (including phenoxy) is 2.